The average molecular weight is 473 g/mol. The van der Waals surface area contributed by atoms with E-state index >= 15 is 0 Å². The highest BCUT2D eigenvalue weighted by Crippen LogP contribution is 2.33. The molecule has 0 saturated carbocycles. The lowest BCUT2D eigenvalue weighted by Gasteiger charge is -2.32. The normalized spacial score (nSPS) is 17.1. The van der Waals surface area contributed by atoms with Gasteiger partial charge in [0.2, 0.25) is 0 Å². The van der Waals surface area contributed by atoms with Gasteiger partial charge in [0, 0.05) is 39.3 Å². The standard InChI is InChI=1S/C23H32N2O4.2ClH/c1-2-3-4-5-17-14-20(26)22-18-6-7-25(9-8-24-10-12-28-13-11-24)16-19(18)23(27)29-21(22)15-17;;/h14-15,26H,2-13,16H2,1H3;2*1H. The first-order valence-corrected chi connectivity index (χ1v) is 11.0. The number of hydrogen-bond donors (Lipinski definition) is 1. The van der Waals surface area contributed by atoms with Crippen molar-refractivity contribution in [3.63, 3.8) is 0 Å². The van der Waals surface area contributed by atoms with E-state index in [0.717, 1.165) is 94.6 Å². The lowest BCUT2D eigenvalue weighted by molar-refractivity contribution is 0.0326. The number of morpholine rings is 1. The van der Waals surface area contributed by atoms with E-state index in [2.05, 4.69) is 16.7 Å². The third kappa shape index (κ3) is 6.14. The number of nitrogens with zero attached hydrogens (tertiary/aromatic N) is 2. The molecular formula is C23H34Cl2N2O4. The number of hydrogen-bond acceptors (Lipinski definition) is 6. The predicted octanol–water partition coefficient (Wildman–Crippen LogP) is 3.77. The second kappa shape index (κ2) is 12.1. The predicted molar refractivity (Wildman–Crippen MR) is 128 cm³/mol. The Hall–Kier alpha value is -1.31. The van der Waals surface area contributed by atoms with Gasteiger partial charge in [-0.05, 0) is 42.5 Å². The van der Waals surface area contributed by atoms with E-state index in [1.165, 1.54) is 0 Å². The number of unbranched alkanes of at least 4 members (excludes halogenated alkanes) is 2. The van der Waals surface area contributed by atoms with Gasteiger partial charge in [-0.3, -0.25) is 9.80 Å². The Labute approximate surface area is 196 Å². The summed E-state index contributed by atoms with van der Waals surface area (Å²) < 4.78 is 11.1. The second-order valence-corrected chi connectivity index (χ2v) is 8.27. The van der Waals surface area contributed by atoms with E-state index in [-0.39, 0.29) is 36.2 Å². The van der Waals surface area contributed by atoms with E-state index in [0.29, 0.717) is 17.7 Å². The van der Waals surface area contributed by atoms with Gasteiger partial charge in [0.05, 0.1) is 24.2 Å². The number of rotatable bonds is 7. The molecule has 0 atom stereocenters. The highest BCUT2D eigenvalue weighted by molar-refractivity contribution is 5.88. The van der Waals surface area contributed by atoms with Crippen LogP contribution in [0.2, 0.25) is 0 Å². The fourth-order valence-corrected chi connectivity index (χ4v) is 4.51. The van der Waals surface area contributed by atoms with Gasteiger partial charge in [0.1, 0.15) is 11.3 Å². The number of phenolic OH excluding ortho intramolecular Hbond substituents is 1. The molecule has 2 aromatic rings. The van der Waals surface area contributed by atoms with Crippen molar-refractivity contribution in [2.45, 2.75) is 45.6 Å². The van der Waals surface area contributed by atoms with Crippen LogP contribution in [0.3, 0.4) is 0 Å². The molecule has 31 heavy (non-hydrogen) atoms. The zero-order valence-corrected chi connectivity index (χ0v) is 19.9. The molecule has 8 heteroatoms. The van der Waals surface area contributed by atoms with E-state index in [4.69, 9.17) is 9.15 Å². The van der Waals surface area contributed by atoms with E-state index < -0.39 is 0 Å². The Morgan fingerprint density at radius 2 is 1.74 bits per heavy atom. The number of aryl methyl sites for hydroxylation is 1. The molecule has 2 aliphatic rings. The molecular weight excluding hydrogens is 439 g/mol. The Bertz CT molecular complexity index is 913. The van der Waals surface area contributed by atoms with Gasteiger partial charge in [0.15, 0.2) is 0 Å². The molecule has 0 spiro atoms. The zero-order chi connectivity index (χ0) is 20.2. The smallest absolute Gasteiger partial charge is 0.341 e. The summed E-state index contributed by atoms with van der Waals surface area (Å²) in [5.74, 6) is 0.246. The van der Waals surface area contributed by atoms with Crippen LogP contribution in [-0.2, 0) is 24.1 Å². The summed E-state index contributed by atoms with van der Waals surface area (Å²) in [6.07, 6.45) is 5.06. The van der Waals surface area contributed by atoms with Crippen molar-refractivity contribution in [3.8, 4) is 5.75 Å². The minimum absolute atomic E-state index is 0. The van der Waals surface area contributed by atoms with Gasteiger partial charge in [0.25, 0.3) is 0 Å². The van der Waals surface area contributed by atoms with Crippen LogP contribution in [0.1, 0.15) is 42.9 Å². The third-order valence-corrected chi connectivity index (χ3v) is 6.22. The number of aromatic hydroxyl groups is 1. The van der Waals surface area contributed by atoms with Crippen molar-refractivity contribution in [2.75, 3.05) is 45.9 Å². The Morgan fingerprint density at radius 1 is 1.00 bits per heavy atom. The summed E-state index contributed by atoms with van der Waals surface area (Å²) in [7, 11) is 0. The molecule has 0 unspecified atom stereocenters. The summed E-state index contributed by atoms with van der Waals surface area (Å²) in [5, 5.41) is 11.4. The molecule has 3 heterocycles. The molecule has 0 bridgehead atoms. The first-order valence-electron chi connectivity index (χ1n) is 11.0. The fraction of sp³-hybridized carbons (Fsp3) is 0.609. The lowest BCUT2D eigenvalue weighted by atomic mass is 9.95. The molecule has 4 rings (SSSR count). The van der Waals surface area contributed by atoms with Crippen LogP contribution in [0.5, 0.6) is 5.75 Å². The summed E-state index contributed by atoms with van der Waals surface area (Å²) in [4.78, 5) is 17.4. The molecule has 0 radical (unpaired) electrons. The highest BCUT2D eigenvalue weighted by Gasteiger charge is 2.25. The molecule has 2 aliphatic heterocycles. The van der Waals surface area contributed by atoms with Crippen molar-refractivity contribution in [1.29, 1.82) is 0 Å². The van der Waals surface area contributed by atoms with Gasteiger partial charge in [-0.15, -0.1) is 24.8 Å². The Kier molecular flexibility index (Phi) is 10.1. The number of benzene rings is 1. The molecule has 1 aromatic carbocycles. The van der Waals surface area contributed by atoms with Gasteiger partial charge >= 0.3 is 5.63 Å². The molecule has 1 aromatic heterocycles. The van der Waals surface area contributed by atoms with Crippen LogP contribution < -0.4 is 5.63 Å². The average Bonchev–Trinajstić information content (AvgIpc) is 2.73. The van der Waals surface area contributed by atoms with Crippen molar-refractivity contribution in [1.82, 2.24) is 9.80 Å². The molecule has 1 fully saturated rings. The first-order chi connectivity index (χ1) is 14.2. The molecule has 1 saturated heterocycles. The van der Waals surface area contributed by atoms with Crippen LogP contribution in [0.25, 0.3) is 11.0 Å². The third-order valence-electron chi connectivity index (χ3n) is 6.22. The van der Waals surface area contributed by atoms with Crippen LogP contribution in [-0.4, -0.2) is 60.8 Å². The lowest BCUT2D eigenvalue weighted by Crippen LogP contribution is -2.43. The first kappa shape index (κ1) is 25.9. The van der Waals surface area contributed by atoms with Gasteiger partial charge in [-0.1, -0.05) is 19.8 Å². The maximum absolute atomic E-state index is 12.7. The minimum Gasteiger partial charge on any atom is -0.507 e. The highest BCUT2D eigenvalue weighted by atomic mass is 35.5. The summed E-state index contributed by atoms with van der Waals surface area (Å²) in [5.41, 5.74) is 2.99. The van der Waals surface area contributed by atoms with Gasteiger partial charge < -0.3 is 14.3 Å². The number of ether oxygens (including phenoxy) is 1. The molecule has 0 amide bonds. The van der Waals surface area contributed by atoms with Crippen LogP contribution in [0.15, 0.2) is 21.3 Å². The van der Waals surface area contributed by atoms with Crippen molar-refractivity contribution >= 4 is 35.8 Å². The largest absolute Gasteiger partial charge is 0.507 e. The van der Waals surface area contributed by atoms with Crippen LogP contribution in [0.4, 0.5) is 0 Å². The second-order valence-electron chi connectivity index (χ2n) is 8.27. The van der Waals surface area contributed by atoms with Crippen molar-refractivity contribution in [3.05, 3.63) is 39.2 Å². The Balaban J connectivity index is 0.00000171. The zero-order valence-electron chi connectivity index (χ0n) is 18.2. The topological polar surface area (TPSA) is 66.2 Å². The van der Waals surface area contributed by atoms with Gasteiger partial charge in [-0.25, -0.2) is 4.79 Å². The van der Waals surface area contributed by atoms with Crippen LogP contribution >= 0.6 is 24.8 Å². The molecule has 6 nitrogen and oxygen atoms in total. The number of fused-ring (bicyclic) bond motifs is 3. The van der Waals surface area contributed by atoms with E-state index in [9.17, 15) is 9.90 Å². The summed E-state index contributed by atoms with van der Waals surface area (Å²) in [6.45, 7) is 9.15. The summed E-state index contributed by atoms with van der Waals surface area (Å²) in [6, 6.07) is 3.79. The fourth-order valence-electron chi connectivity index (χ4n) is 4.51. The van der Waals surface area contributed by atoms with Gasteiger partial charge in [-0.2, -0.15) is 0 Å². The maximum atomic E-state index is 12.7. The summed E-state index contributed by atoms with van der Waals surface area (Å²) >= 11 is 0. The molecule has 174 valence electrons. The molecule has 0 aliphatic carbocycles. The van der Waals surface area contributed by atoms with Crippen molar-refractivity contribution < 1.29 is 14.3 Å². The minimum atomic E-state index is -0.256. The number of halogens is 2. The SMILES string of the molecule is CCCCCc1cc(O)c2c3c(c(=O)oc2c1)CN(CCN1CCOCC1)CC3.Cl.Cl. The monoisotopic (exact) mass is 472 g/mol. The molecule has 1 N–H and O–H groups in total. The van der Waals surface area contributed by atoms with Crippen LogP contribution in [0, 0.1) is 0 Å². The maximum Gasteiger partial charge on any atom is 0.341 e. The Morgan fingerprint density at radius 3 is 2.48 bits per heavy atom. The van der Waals surface area contributed by atoms with Crippen molar-refractivity contribution in [2.24, 2.45) is 0 Å². The van der Waals surface area contributed by atoms with E-state index in [1.54, 1.807) is 0 Å². The quantitative estimate of drug-likeness (QED) is 0.488. The number of phenols is 1. The van der Waals surface area contributed by atoms with E-state index in [1.807, 2.05) is 12.1 Å².